The van der Waals surface area contributed by atoms with E-state index in [2.05, 4.69) is 5.32 Å². The maximum Gasteiger partial charge on any atom is 0.321 e. The summed E-state index contributed by atoms with van der Waals surface area (Å²) in [6.45, 7) is 3.92. The summed E-state index contributed by atoms with van der Waals surface area (Å²) in [5, 5.41) is 12.5. The van der Waals surface area contributed by atoms with E-state index in [-0.39, 0.29) is 18.5 Å². The van der Waals surface area contributed by atoms with Crippen molar-refractivity contribution in [3.63, 3.8) is 0 Å². The molecule has 2 saturated heterocycles. The normalized spacial score (nSPS) is 23.0. The third-order valence-electron chi connectivity index (χ3n) is 5.31. The van der Waals surface area contributed by atoms with Crippen molar-refractivity contribution in [1.29, 1.82) is 0 Å². The molecular formula is C19H25N3O4. The van der Waals surface area contributed by atoms with Gasteiger partial charge in [-0.2, -0.15) is 0 Å². The number of piperidine rings is 1. The van der Waals surface area contributed by atoms with Gasteiger partial charge < -0.3 is 15.3 Å². The number of urea groups is 1. The van der Waals surface area contributed by atoms with E-state index >= 15 is 0 Å². The standard InChI is InChI=1S/C19H25N3O4/c1-2-7-19(17(24)25)8-4-10-21(13-19)16(23)14-5-3-6-15(12-14)22-11-9-20-18(22)26/h3,5-6,12H,2,4,7-11,13H2,1H3,(H,20,26)(H,24,25). The molecule has 2 heterocycles. The number of benzene rings is 1. The third-order valence-corrected chi connectivity index (χ3v) is 5.31. The molecule has 0 saturated carbocycles. The first-order valence-electron chi connectivity index (χ1n) is 9.15. The molecule has 140 valence electrons. The third kappa shape index (κ3) is 3.38. The molecule has 26 heavy (non-hydrogen) atoms. The molecule has 2 fully saturated rings. The smallest absolute Gasteiger partial charge is 0.321 e. The average molecular weight is 359 g/mol. The molecule has 0 aliphatic carbocycles. The Kier molecular flexibility index (Phi) is 5.15. The summed E-state index contributed by atoms with van der Waals surface area (Å²) in [4.78, 5) is 39.9. The molecule has 2 aliphatic heterocycles. The molecule has 0 radical (unpaired) electrons. The van der Waals surface area contributed by atoms with Gasteiger partial charge in [0.25, 0.3) is 5.91 Å². The van der Waals surface area contributed by atoms with E-state index < -0.39 is 11.4 Å². The fourth-order valence-electron chi connectivity index (χ4n) is 3.98. The van der Waals surface area contributed by atoms with Gasteiger partial charge in [-0.3, -0.25) is 14.5 Å². The molecule has 1 aromatic carbocycles. The van der Waals surface area contributed by atoms with Crippen molar-refractivity contribution in [2.75, 3.05) is 31.1 Å². The number of likely N-dealkylation sites (tertiary alicyclic amines) is 1. The summed E-state index contributed by atoms with van der Waals surface area (Å²) in [5.41, 5.74) is 0.315. The highest BCUT2D eigenvalue weighted by molar-refractivity contribution is 5.98. The van der Waals surface area contributed by atoms with Crippen LogP contribution in [-0.2, 0) is 4.79 Å². The second-order valence-corrected chi connectivity index (χ2v) is 7.10. The SMILES string of the molecule is CCCC1(C(=O)O)CCCN(C(=O)c2cccc(N3CCNC3=O)c2)C1. The summed E-state index contributed by atoms with van der Waals surface area (Å²) < 4.78 is 0. The molecule has 1 unspecified atom stereocenters. The number of rotatable bonds is 5. The van der Waals surface area contributed by atoms with Gasteiger partial charge in [0.15, 0.2) is 0 Å². The first-order valence-corrected chi connectivity index (χ1v) is 9.15. The van der Waals surface area contributed by atoms with Gasteiger partial charge in [0.2, 0.25) is 0 Å². The summed E-state index contributed by atoms with van der Waals surface area (Å²) in [6, 6.07) is 6.83. The van der Waals surface area contributed by atoms with Crippen molar-refractivity contribution >= 4 is 23.6 Å². The van der Waals surface area contributed by atoms with Gasteiger partial charge in [-0.05, 0) is 37.5 Å². The number of carboxylic acid groups (broad SMARTS) is 1. The lowest BCUT2D eigenvalue weighted by Gasteiger charge is -2.40. The van der Waals surface area contributed by atoms with Crippen LogP contribution in [0.3, 0.4) is 0 Å². The zero-order valence-electron chi connectivity index (χ0n) is 15.0. The number of hydrogen-bond donors (Lipinski definition) is 2. The lowest BCUT2D eigenvalue weighted by Crippen LogP contribution is -2.49. The summed E-state index contributed by atoms with van der Waals surface area (Å²) in [5.74, 6) is -0.993. The van der Waals surface area contributed by atoms with Crippen molar-refractivity contribution in [2.24, 2.45) is 5.41 Å². The Morgan fingerprint density at radius 3 is 2.77 bits per heavy atom. The average Bonchev–Trinajstić information content (AvgIpc) is 3.07. The summed E-state index contributed by atoms with van der Waals surface area (Å²) in [6.07, 6.45) is 2.63. The second-order valence-electron chi connectivity index (χ2n) is 7.10. The molecule has 0 spiro atoms. The molecule has 2 aliphatic rings. The molecule has 3 rings (SSSR count). The maximum atomic E-state index is 13.0. The molecule has 7 nitrogen and oxygen atoms in total. The first-order chi connectivity index (χ1) is 12.5. The second kappa shape index (κ2) is 7.35. The minimum Gasteiger partial charge on any atom is -0.481 e. The van der Waals surface area contributed by atoms with Crippen LogP contribution in [0, 0.1) is 5.41 Å². The molecule has 0 aromatic heterocycles. The van der Waals surface area contributed by atoms with Crippen molar-refractivity contribution in [2.45, 2.75) is 32.6 Å². The zero-order chi connectivity index (χ0) is 18.7. The van der Waals surface area contributed by atoms with Gasteiger partial charge in [0, 0.05) is 37.4 Å². The molecule has 2 N–H and O–H groups in total. The molecular weight excluding hydrogens is 334 g/mol. The number of carbonyl (C=O) groups excluding carboxylic acids is 2. The van der Waals surface area contributed by atoms with Crippen LogP contribution in [0.25, 0.3) is 0 Å². The Balaban J connectivity index is 1.80. The monoisotopic (exact) mass is 359 g/mol. The van der Waals surface area contributed by atoms with E-state index in [0.717, 1.165) is 6.42 Å². The minimum absolute atomic E-state index is 0.166. The zero-order valence-corrected chi connectivity index (χ0v) is 15.0. The topological polar surface area (TPSA) is 89.9 Å². The van der Waals surface area contributed by atoms with Gasteiger partial charge in [-0.25, -0.2) is 4.79 Å². The molecule has 3 amide bonds. The Hall–Kier alpha value is -2.57. The maximum absolute atomic E-state index is 13.0. The Morgan fingerprint density at radius 1 is 1.31 bits per heavy atom. The van der Waals surface area contributed by atoms with Crippen LogP contribution in [0.2, 0.25) is 0 Å². The highest BCUT2D eigenvalue weighted by Gasteiger charge is 2.43. The van der Waals surface area contributed by atoms with Gasteiger partial charge in [-0.15, -0.1) is 0 Å². The number of amides is 3. The van der Waals surface area contributed by atoms with Gasteiger partial charge in [0.1, 0.15) is 0 Å². The van der Waals surface area contributed by atoms with Gasteiger partial charge in [-0.1, -0.05) is 19.4 Å². The predicted octanol–water partition coefficient (Wildman–Crippen LogP) is 2.32. The van der Waals surface area contributed by atoms with Crippen LogP contribution in [0.4, 0.5) is 10.5 Å². The van der Waals surface area contributed by atoms with E-state index in [4.69, 9.17) is 0 Å². The molecule has 1 atom stereocenters. The summed E-state index contributed by atoms with van der Waals surface area (Å²) >= 11 is 0. The highest BCUT2D eigenvalue weighted by atomic mass is 16.4. The number of carboxylic acids is 1. The van der Waals surface area contributed by atoms with Crippen LogP contribution in [0.15, 0.2) is 24.3 Å². The Labute approximate surface area is 153 Å². The van der Waals surface area contributed by atoms with Crippen LogP contribution in [0.5, 0.6) is 0 Å². The molecule has 1 aromatic rings. The number of carbonyl (C=O) groups is 3. The fraction of sp³-hybridized carbons (Fsp3) is 0.526. The highest BCUT2D eigenvalue weighted by Crippen LogP contribution is 2.35. The van der Waals surface area contributed by atoms with E-state index in [1.54, 1.807) is 34.1 Å². The quantitative estimate of drug-likeness (QED) is 0.844. The number of aliphatic carboxylic acids is 1. The largest absolute Gasteiger partial charge is 0.481 e. The van der Waals surface area contributed by atoms with Crippen molar-refractivity contribution in [1.82, 2.24) is 10.2 Å². The minimum atomic E-state index is -0.852. The van der Waals surface area contributed by atoms with Crippen molar-refractivity contribution < 1.29 is 19.5 Å². The predicted molar refractivity (Wildman–Crippen MR) is 97.3 cm³/mol. The Bertz CT molecular complexity index is 716. The van der Waals surface area contributed by atoms with Crippen LogP contribution < -0.4 is 10.2 Å². The van der Waals surface area contributed by atoms with E-state index in [0.29, 0.717) is 50.1 Å². The Morgan fingerprint density at radius 2 is 2.12 bits per heavy atom. The summed E-state index contributed by atoms with van der Waals surface area (Å²) in [7, 11) is 0. The molecule has 7 heteroatoms. The van der Waals surface area contributed by atoms with E-state index in [1.807, 2.05) is 6.92 Å². The molecule has 0 bridgehead atoms. The fourth-order valence-corrected chi connectivity index (χ4v) is 3.98. The van der Waals surface area contributed by atoms with Gasteiger partial charge >= 0.3 is 12.0 Å². The van der Waals surface area contributed by atoms with Crippen LogP contribution >= 0.6 is 0 Å². The van der Waals surface area contributed by atoms with E-state index in [9.17, 15) is 19.5 Å². The van der Waals surface area contributed by atoms with Gasteiger partial charge in [0.05, 0.1) is 5.41 Å². The van der Waals surface area contributed by atoms with Crippen molar-refractivity contribution in [3.05, 3.63) is 29.8 Å². The van der Waals surface area contributed by atoms with Crippen LogP contribution in [-0.4, -0.2) is 54.1 Å². The lowest BCUT2D eigenvalue weighted by molar-refractivity contribution is -0.152. The number of hydrogen-bond acceptors (Lipinski definition) is 3. The van der Waals surface area contributed by atoms with Crippen molar-refractivity contribution in [3.8, 4) is 0 Å². The first kappa shape index (κ1) is 18.2. The van der Waals surface area contributed by atoms with Crippen LogP contribution in [0.1, 0.15) is 43.0 Å². The van der Waals surface area contributed by atoms with E-state index in [1.165, 1.54) is 0 Å². The number of nitrogens with zero attached hydrogens (tertiary/aromatic N) is 2. The number of nitrogens with one attached hydrogen (secondary N) is 1. The number of anilines is 1. The lowest BCUT2D eigenvalue weighted by atomic mass is 9.76.